The lowest BCUT2D eigenvalue weighted by molar-refractivity contribution is -0.116. The smallest absolute Gasteiger partial charge is 0.236 e. The van der Waals surface area contributed by atoms with E-state index < -0.39 is 5.91 Å². The van der Waals surface area contributed by atoms with E-state index in [1.807, 2.05) is 6.92 Å². The Kier molecular flexibility index (Phi) is 4.68. The molecule has 6 nitrogen and oxygen atoms in total. The highest BCUT2D eigenvalue weighted by Gasteiger charge is 2.14. The van der Waals surface area contributed by atoms with Gasteiger partial charge in [0.25, 0.3) is 0 Å². The molecule has 0 unspecified atom stereocenters. The van der Waals surface area contributed by atoms with Crippen LogP contribution >= 0.6 is 0 Å². The van der Waals surface area contributed by atoms with Crippen molar-refractivity contribution >= 4 is 17.5 Å². The van der Waals surface area contributed by atoms with Gasteiger partial charge in [0.1, 0.15) is 18.0 Å². The molecule has 1 heterocycles. The lowest BCUT2D eigenvalue weighted by atomic mass is 10.0. The van der Waals surface area contributed by atoms with Crippen LogP contribution in [0.5, 0.6) is 0 Å². The van der Waals surface area contributed by atoms with E-state index in [0.717, 1.165) is 17.9 Å². The molecule has 0 atom stereocenters. The van der Waals surface area contributed by atoms with E-state index in [9.17, 15) is 4.79 Å². The molecule has 1 aromatic heterocycles. The average molecular weight is 237 g/mol. The molecule has 1 rings (SSSR count). The molecule has 94 valence electrons. The first-order valence-electron chi connectivity index (χ1n) is 5.67. The van der Waals surface area contributed by atoms with Crippen molar-refractivity contribution in [1.82, 2.24) is 9.97 Å². The molecule has 0 saturated heterocycles. The van der Waals surface area contributed by atoms with Gasteiger partial charge in [0, 0.05) is 12.1 Å². The van der Waals surface area contributed by atoms with Gasteiger partial charge in [-0.05, 0) is 12.8 Å². The standard InChI is InChI=1S/C11H19N5O/c1-4-13-10-9(7(2)3)11(16-6-15-10)14-5-8(12)17/h6-7H,4-5H2,1-3H3,(H2,12,17)(H2,13,14,15,16). The molecule has 0 fully saturated rings. The van der Waals surface area contributed by atoms with E-state index in [0.29, 0.717) is 5.82 Å². The van der Waals surface area contributed by atoms with Gasteiger partial charge in [0.15, 0.2) is 0 Å². The minimum atomic E-state index is -0.414. The minimum absolute atomic E-state index is 0.0717. The highest BCUT2D eigenvalue weighted by atomic mass is 16.1. The van der Waals surface area contributed by atoms with Gasteiger partial charge < -0.3 is 16.4 Å². The number of carbonyl (C=O) groups excluding carboxylic acids is 1. The van der Waals surface area contributed by atoms with Crippen LogP contribution in [0.3, 0.4) is 0 Å². The van der Waals surface area contributed by atoms with Gasteiger partial charge in [-0.2, -0.15) is 0 Å². The Morgan fingerprint density at radius 2 is 1.94 bits per heavy atom. The van der Waals surface area contributed by atoms with Gasteiger partial charge in [-0.25, -0.2) is 9.97 Å². The van der Waals surface area contributed by atoms with Crippen molar-refractivity contribution < 1.29 is 4.79 Å². The second-order valence-electron chi connectivity index (χ2n) is 3.99. The van der Waals surface area contributed by atoms with Crippen LogP contribution in [0, 0.1) is 0 Å². The second kappa shape index (κ2) is 6.03. The summed E-state index contributed by atoms with van der Waals surface area (Å²) < 4.78 is 0. The summed E-state index contributed by atoms with van der Waals surface area (Å²) in [5.41, 5.74) is 6.07. The largest absolute Gasteiger partial charge is 0.370 e. The summed E-state index contributed by atoms with van der Waals surface area (Å²) in [6, 6.07) is 0. The van der Waals surface area contributed by atoms with E-state index in [4.69, 9.17) is 5.73 Å². The van der Waals surface area contributed by atoms with Crippen LogP contribution in [0.1, 0.15) is 32.3 Å². The Balaban J connectivity index is 3.01. The van der Waals surface area contributed by atoms with Gasteiger partial charge in [-0.3, -0.25) is 4.79 Å². The Labute approximate surface area is 101 Å². The van der Waals surface area contributed by atoms with E-state index in [1.165, 1.54) is 6.33 Å². The van der Waals surface area contributed by atoms with Crippen molar-refractivity contribution in [2.24, 2.45) is 5.73 Å². The maximum absolute atomic E-state index is 10.8. The van der Waals surface area contributed by atoms with E-state index in [2.05, 4.69) is 34.4 Å². The Morgan fingerprint density at radius 3 is 2.41 bits per heavy atom. The van der Waals surface area contributed by atoms with Gasteiger partial charge in [0.05, 0.1) is 6.54 Å². The van der Waals surface area contributed by atoms with Crippen LogP contribution < -0.4 is 16.4 Å². The maximum Gasteiger partial charge on any atom is 0.236 e. The number of carbonyl (C=O) groups is 1. The van der Waals surface area contributed by atoms with Crippen LogP contribution in [-0.4, -0.2) is 29.0 Å². The first-order chi connectivity index (χ1) is 8.06. The van der Waals surface area contributed by atoms with Crippen LogP contribution in [0.25, 0.3) is 0 Å². The molecule has 1 amide bonds. The van der Waals surface area contributed by atoms with Gasteiger partial charge in [-0.15, -0.1) is 0 Å². The van der Waals surface area contributed by atoms with Gasteiger partial charge in [-0.1, -0.05) is 13.8 Å². The summed E-state index contributed by atoms with van der Waals surface area (Å²) in [5, 5.41) is 6.11. The third-order valence-corrected chi connectivity index (χ3v) is 2.24. The molecular weight excluding hydrogens is 218 g/mol. The molecule has 1 aromatic rings. The topological polar surface area (TPSA) is 92.9 Å². The highest BCUT2D eigenvalue weighted by Crippen LogP contribution is 2.27. The van der Waals surface area contributed by atoms with Crippen molar-refractivity contribution in [2.45, 2.75) is 26.7 Å². The first-order valence-corrected chi connectivity index (χ1v) is 5.67. The van der Waals surface area contributed by atoms with Crippen molar-refractivity contribution in [3.05, 3.63) is 11.9 Å². The maximum atomic E-state index is 10.8. The van der Waals surface area contributed by atoms with Crippen molar-refractivity contribution in [1.29, 1.82) is 0 Å². The summed E-state index contributed by atoms with van der Waals surface area (Å²) in [7, 11) is 0. The van der Waals surface area contributed by atoms with Crippen LogP contribution in [-0.2, 0) is 4.79 Å². The summed E-state index contributed by atoms with van der Waals surface area (Å²) in [6.45, 7) is 6.96. The van der Waals surface area contributed by atoms with Crippen molar-refractivity contribution in [2.75, 3.05) is 23.7 Å². The molecule has 0 aliphatic heterocycles. The van der Waals surface area contributed by atoms with E-state index >= 15 is 0 Å². The van der Waals surface area contributed by atoms with Crippen LogP contribution in [0.4, 0.5) is 11.6 Å². The predicted octanol–water partition coefficient (Wildman–Crippen LogP) is 0.929. The number of hydrogen-bond donors (Lipinski definition) is 3. The van der Waals surface area contributed by atoms with Crippen LogP contribution in [0.2, 0.25) is 0 Å². The molecule has 0 aliphatic rings. The Bertz CT molecular complexity index is 391. The zero-order valence-electron chi connectivity index (χ0n) is 10.4. The fraction of sp³-hybridized carbons (Fsp3) is 0.545. The first kappa shape index (κ1) is 13.2. The molecule has 0 saturated carbocycles. The molecule has 6 heteroatoms. The molecule has 0 spiro atoms. The lowest BCUT2D eigenvalue weighted by Crippen LogP contribution is -2.23. The average Bonchev–Trinajstić information content (AvgIpc) is 2.26. The van der Waals surface area contributed by atoms with Crippen LogP contribution in [0.15, 0.2) is 6.33 Å². The molecular formula is C11H19N5O. The van der Waals surface area contributed by atoms with Gasteiger partial charge in [0.2, 0.25) is 5.91 Å². The number of primary amides is 1. The fourth-order valence-corrected chi connectivity index (χ4v) is 1.56. The number of anilines is 2. The lowest BCUT2D eigenvalue weighted by Gasteiger charge is -2.16. The second-order valence-corrected chi connectivity index (χ2v) is 3.99. The SMILES string of the molecule is CCNc1ncnc(NCC(N)=O)c1C(C)C. The number of nitrogens with zero attached hydrogens (tertiary/aromatic N) is 2. The monoisotopic (exact) mass is 237 g/mol. The number of aromatic nitrogens is 2. The summed E-state index contributed by atoms with van der Waals surface area (Å²) in [4.78, 5) is 19.1. The molecule has 0 aromatic carbocycles. The van der Waals surface area contributed by atoms with E-state index in [1.54, 1.807) is 0 Å². The van der Waals surface area contributed by atoms with Crippen molar-refractivity contribution in [3.63, 3.8) is 0 Å². The highest BCUT2D eigenvalue weighted by molar-refractivity contribution is 5.79. The molecule has 4 N–H and O–H groups in total. The zero-order chi connectivity index (χ0) is 12.8. The third-order valence-electron chi connectivity index (χ3n) is 2.24. The number of hydrogen-bond acceptors (Lipinski definition) is 5. The number of amides is 1. The molecule has 17 heavy (non-hydrogen) atoms. The number of nitrogens with one attached hydrogen (secondary N) is 2. The number of nitrogens with two attached hydrogens (primary N) is 1. The fourth-order valence-electron chi connectivity index (χ4n) is 1.56. The summed E-state index contributed by atoms with van der Waals surface area (Å²) in [5.74, 6) is 1.29. The minimum Gasteiger partial charge on any atom is -0.370 e. The third kappa shape index (κ3) is 3.58. The number of rotatable bonds is 6. The normalized spacial score (nSPS) is 10.4. The molecule has 0 radical (unpaired) electrons. The van der Waals surface area contributed by atoms with E-state index in [-0.39, 0.29) is 12.5 Å². The summed E-state index contributed by atoms with van der Waals surface area (Å²) in [6.07, 6.45) is 1.47. The molecule has 0 aliphatic carbocycles. The summed E-state index contributed by atoms with van der Waals surface area (Å²) >= 11 is 0. The quantitative estimate of drug-likeness (QED) is 0.684. The van der Waals surface area contributed by atoms with Gasteiger partial charge >= 0.3 is 0 Å². The Morgan fingerprint density at radius 1 is 1.35 bits per heavy atom. The molecule has 0 bridgehead atoms. The van der Waals surface area contributed by atoms with Crippen molar-refractivity contribution in [3.8, 4) is 0 Å². The predicted molar refractivity (Wildman–Crippen MR) is 68.0 cm³/mol. The Hall–Kier alpha value is -1.85. The zero-order valence-corrected chi connectivity index (χ0v) is 10.4.